The van der Waals surface area contributed by atoms with Crippen LogP contribution in [0.5, 0.6) is 0 Å². The Hall–Kier alpha value is -2.25. The molecule has 4 rings (SSSR count). The molecule has 2 fully saturated rings. The van der Waals surface area contributed by atoms with Crippen molar-refractivity contribution in [2.45, 2.75) is 63.8 Å². The molecule has 27 heavy (non-hydrogen) atoms. The Kier molecular flexibility index (Phi) is 4.52. The van der Waals surface area contributed by atoms with E-state index in [-0.39, 0.29) is 29.7 Å². The minimum atomic E-state index is -0.568. The minimum absolute atomic E-state index is 0.0285. The summed E-state index contributed by atoms with van der Waals surface area (Å²) in [5.41, 5.74) is 2.65. The zero-order valence-corrected chi connectivity index (χ0v) is 15.8. The van der Waals surface area contributed by atoms with Gasteiger partial charge in [-0.15, -0.1) is 0 Å². The fourth-order valence-electron chi connectivity index (χ4n) is 4.45. The molecule has 0 radical (unpaired) electrons. The number of fused-ring (bicyclic) bond motifs is 1. The van der Waals surface area contributed by atoms with Gasteiger partial charge in [-0.2, -0.15) is 0 Å². The van der Waals surface area contributed by atoms with E-state index < -0.39 is 6.04 Å². The molecule has 3 aliphatic heterocycles. The van der Waals surface area contributed by atoms with Crippen LogP contribution in [0.1, 0.15) is 54.6 Å². The number of rotatable bonds is 4. The van der Waals surface area contributed by atoms with E-state index in [1.165, 1.54) is 0 Å². The second kappa shape index (κ2) is 6.73. The second-order valence-corrected chi connectivity index (χ2v) is 8.22. The van der Waals surface area contributed by atoms with Gasteiger partial charge >= 0.3 is 0 Å². The van der Waals surface area contributed by atoms with E-state index in [4.69, 9.17) is 0 Å². The molecule has 7 nitrogen and oxygen atoms in total. The number of benzene rings is 1. The number of nitrogens with one attached hydrogen (secondary N) is 3. The van der Waals surface area contributed by atoms with Gasteiger partial charge < -0.3 is 15.5 Å². The molecular formula is C20H26N4O3. The van der Waals surface area contributed by atoms with Gasteiger partial charge in [-0.1, -0.05) is 18.2 Å². The first-order valence-corrected chi connectivity index (χ1v) is 9.60. The molecule has 0 spiro atoms. The fraction of sp³-hybridized carbons (Fsp3) is 0.550. The molecule has 0 aromatic heterocycles. The number of carbonyl (C=O) groups is 3. The van der Waals surface area contributed by atoms with Gasteiger partial charge in [0.05, 0.1) is 0 Å². The smallest absolute Gasteiger partial charge is 0.255 e. The van der Waals surface area contributed by atoms with Gasteiger partial charge in [-0.25, -0.2) is 0 Å². The number of carbonyl (C=O) groups excluding carboxylic acids is 3. The van der Waals surface area contributed by atoms with Crippen molar-refractivity contribution >= 4 is 17.7 Å². The summed E-state index contributed by atoms with van der Waals surface area (Å²) in [6.07, 6.45) is 1.72. The number of piperidine rings is 1. The number of hydrogen-bond acceptors (Lipinski definition) is 5. The van der Waals surface area contributed by atoms with E-state index in [1.807, 2.05) is 18.2 Å². The van der Waals surface area contributed by atoms with Crippen molar-refractivity contribution in [2.75, 3.05) is 6.54 Å². The van der Waals surface area contributed by atoms with Gasteiger partial charge in [0, 0.05) is 36.7 Å². The fourth-order valence-corrected chi connectivity index (χ4v) is 4.45. The molecule has 3 N–H and O–H groups in total. The van der Waals surface area contributed by atoms with Crippen molar-refractivity contribution in [3.63, 3.8) is 0 Å². The first-order chi connectivity index (χ1) is 12.9. The zero-order chi connectivity index (χ0) is 19.2. The van der Waals surface area contributed by atoms with Crippen LogP contribution in [-0.2, 0) is 22.7 Å². The molecule has 3 aliphatic rings. The molecule has 3 amide bonds. The van der Waals surface area contributed by atoms with Crippen LogP contribution >= 0.6 is 0 Å². The van der Waals surface area contributed by atoms with E-state index in [0.29, 0.717) is 31.1 Å². The standard InChI is InChI=1S/C20H26N4O3/c1-20(2)15(8-9-22-20)21-10-12-4-3-5-13-11-24(19(27)17(12)13)14-6-7-16(25)23-18(14)26/h3-5,14-15,21-22H,6-11H2,1-2H3,(H,23,25,26). The summed E-state index contributed by atoms with van der Waals surface area (Å²) in [6.45, 7) is 6.39. The van der Waals surface area contributed by atoms with E-state index in [0.717, 1.165) is 24.1 Å². The lowest BCUT2D eigenvalue weighted by atomic mass is 9.96. The maximum Gasteiger partial charge on any atom is 0.255 e. The van der Waals surface area contributed by atoms with Gasteiger partial charge in [0.1, 0.15) is 6.04 Å². The molecule has 0 bridgehead atoms. The largest absolute Gasteiger partial charge is 0.322 e. The highest BCUT2D eigenvalue weighted by atomic mass is 16.2. The number of hydrogen-bond donors (Lipinski definition) is 3. The molecule has 144 valence electrons. The Morgan fingerprint density at radius 3 is 2.74 bits per heavy atom. The van der Waals surface area contributed by atoms with Gasteiger partial charge in [-0.05, 0) is 44.4 Å². The highest BCUT2D eigenvalue weighted by molar-refractivity contribution is 6.05. The summed E-state index contributed by atoms with van der Waals surface area (Å²) in [7, 11) is 0. The highest BCUT2D eigenvalue weighted by Crippen LogP contribution is 2.30. The molecule has 3 heterocycles. The Labute approximate surface area is 158 Å². The summed E-state index contributed by atoms with van der Waals surface area (Å²) in [5.74, 6) is -0.746. The number of amides is 3. The molecule has 1 aromatic rings. The van der Waals surface area contributed by atoms with Crippen molar-refractivity contribution in [3.8, 4) is 0 Å². The second-order valence-electron chi connectivity index (χ2n) is 8.22. The summed E-state index contributed by atoms with van der Waals surface area (Å²) >= 11 is 0. The van der Waals surface area contributed by atoms with Crippen LogP contribution in [-0.4, -0.2) is 46.8 Å². The molecule has 0 aliphatic carbocycles. The Morgan fingerprint density at radius 2 is 2.04 bits per heavy atom. The molecule has 0 saturated carbocycles. The zero-order valence-electron chi connectivity index (χ0n) is 15.8. The SMILES string of the molecule is CC1(C)NCCC1NCc1cccc2c1C(=O)N(C1CCC(=O)NC1=O)C2. The Bertz CT molecular complexity index is 804. The first-order valence-electron chi connectivity index (χ1n) is 9.60. The van der Waals surface area contributed by atoms with Crippen molar-refractivity contribution in [2.24, 2.45) is 0 Å². The molecule has 2 unspecified atom stereocenters. The van der Waals surface area contributed by atoms with E-state index in [1.54, 1.807) is 4.90 Å². The van der Waals surface area contributed by atoms with E-state index in [9.17, 15) is 14.4 Å². The van der Waals surface area contributed by atoms with E-state index >= 15 is 0 Å². The molecule has 7 heteroatoms. The molecule has 2 saturated heterocycles. The third-order valence-electron chi connectivity index (χ3n) is 6.06. The number of imide groups is 1. The predicted octanol–water partition coefficient (Wildman–Crippen LogP) is 0.678. The molecular weight excluding hydrogens is 344 g/mol. The molecule has 1 aromatic carbocycles. The number of nitrogens with zero attached hydrogens (tertiary/aromatic N) is 1. The van der Waals surface area contributed by atoms with Crippen LogP contribution in [0.2, 0.25) is 0 Å². The normalized spacial score (nSPS) is 27.0. The highest BCUT2D eigenvalue weighted by Gasteiger charge is 2.40. The first kappa shape index (κ1) is 18.1. The van der Waals surface area contributed by atoms with Crippen LogP contribution in [0.3, 0.4) is 0 Å². The molecule has 2 atom stereocenters. The van der Waals surface area contributed by atoms with Gasteiger partial charge in [0.25, 0.3) is 5.91 Å². The van der Waals surface area contributed by atoms with Crippen LogP contribution in [0.15, 0.2) is 18.2 Å². The van der Waals surface area contributed by atoms with Crippen LogP contribution in [0.25, 0.3) is 0 Å². The van der Waals surface area contributed by atoms with Crippen molar-refractivity contribution in [1.82, 2.24) is 20.9 Å². The third kappa shape index (κ3) is 3.26. The lowest BCUT2D eigenvalue weighted by Crippen LogP contribution is -2.52. The summed E-state index contributed by atoms with van der Waals surface area (Å²) in [5, 5.41) is 9.43. The van der Waals surface area contributed by atoms with Crippen LogP contribution in [0, 0.1) is 0 Å². The van der Waals surface area contributed by atoms with Gasteiger partial charge in [0.15, 0.2) is 0 Å². The Morgan fingerprint density at radius 1 is 1.22 bits per heavy atom. The summed E-state index contributed by atoms with van der Waals surface area (Å²) in [6, 6.07) is 5.67. The lowest BCUT2D eigenvalue weighted by Gasteiger charge is -2.29. The van der Waals surface area contributed by atoms with Crippen molar-refractivity contribution in [3.05, 3.63) is 34.9 Å². The van der Waals surface area contributed by atoms with E-state index in [2.05, 4.69) is 29.8 Å². The predicted molar refractivity (Wildman–Crippen MR) is 99.8 cm³/mol. The van der Waals surface area contributed by atoms with Crippen molar-refractivity contribution < 1.29 is 14.4 Å². The van der Waals surface area contributed by atoms with Crippen LogP contribution < -0.4 is 16.0 Å². The average Bonchev–Trinajstić information content (AvgIpc) is 3.13. The topological polar surface area (TPSA) is 90.5 Å². The average molecular weight is 370 g/mol. The Balaban J connectivity index is 1.51. The van der Waals surface area contributed by atoms with Gasteiger partial charge in [0.2, 0.25) is 11.8 Å². The van der Waals surface area contributed by atoms with Crippen molar-refractivity contribution in [1.29, 1.82) is 0 Å². The lowest BCUT2D eigenvalue weighted by molar-refractivity contribution is -0.136. The summed E-state index contributed by atoms with van der Waals surface area (Å²) in [4.78, 5) is 38.3. The summed E-state index contributed by atoms with van der Waals surface area (Å²) < 4.78 is 0. The third-order valence-corrected chi connectivity index (χ3v) is 6.06. The quantitative estimate of drug-likeness (QED) is 0.678. The maximum atomic E-state index is 13.1. The minimum Gasteiger partial charge on any atom is -0.322 e. The maximum absolute atomic E-state index is 13.1. The monoisotopic (exact) mass is 370 g/mol. The van der Waals surface area contributed by atoms with Gasteiger partial charge in [-0.3, -0.25) is 19.7 Å². The van der Waals surface area contributed by atoms with Crippen LogP contribution in [0.4, 0.5) is 0 Å².